The lowest BCUT2D eigenvalue weighted by molar-refractivity contribution is -0.119. The maximum absolute atomic E-state index is 12.2. The second-order valence-electron chi connectivity index (χ2n) is 6.49. The first-order valence-corrected chi connectivity index (χ1v) is 12.3. The van der Waals surface area contributed by atoms with E-state index in [0.29, 0.717) is 17.3 Å². The largest absolute Gasteiger partial charge is 0.354 e. The minimum Gasteiger partial charge on any atom is -0.354 e. The molecule has 5 nitrogen and oxygen atoms in total. The number of amides is 1. The quantitative estimate of drug-likeness (QED) is 0.570. The van der Waals surface area contributed by atoms with Gasteiger partial charge in [0.15, 0.2) is 0 Å². The molecular formula is C20H25ClN2O3S2. The number of carbonyl (C=O) groups excluding carboxylic acids is 1. The van der Waals surface area contributed by atoms with Crippen LogP contribution in [0.25, 0.3) is 0 Å². The molecule has 0 spiro atoms. The van der Waals surface area contributed by atoms with Gasteiger partial charge >= 0.3 is 0 Å². The summed E-state index contributed by atoms with van der Waals surface area (Å²) in [6, 6.07) is 14.9. The van der Waals surface area contributed by atoms with Crippen LogP contribution in [-0.4, -0.2) is 39.4 Å². The Morgan fingerprint density at radius 1 is 1.18 bits per heavy atom. The highest BCUT2D eigenvalue weighted by molar-refractivity contribution is 7.98. The van der Waals surface area contributed by atoms with E-state index in [4.69, 9.17) is 11.6 Å². The van der Waals surface area contributed by atoms with Crippen LogP contribution in [0.2, 0.25) is 5.02 Å². The minimum absolute atomic E-state index is 0.268. The van der Waals surface area contributed by atoms with Gasteiger partial charge in [-0.25, -0.2) is 8.42 Å². The summed E-state index contributed by atoms with van der Waals surface area (Å²) in [4.78, 5) is 12.2. The molecular weight excluding hydrogens is 416 g/mol. The van der Waals surface area contributed by atoms with E-state index in [0.717, 1.165) is 28.5 Å². The summed E-state index contributed by atoms with van der Waals surface area (Å²) in [7, 11) is -3.59. The molecule has 0 saturated heterocycles. The zero-order valence-electron chi connectivity index (χ0n) is 16.0. The Morgan fingerprint density at radius 3 is 2.61 bits per heavy atom. The fourth-order valence-corrected chi connectivity index (χ4v) is 4.55. The van der Waals surface area contributed by atoms with Crippen molar-refractivity contribution in [2.45, 2.75) is 19.1 Å². The van der Waals surface area contributed by atoms with Crippen LogP contribution in [0, 0.1) is 6.92 Å². The van der Waals surface area contributed by atoms with Crippen molar-refractivity contribution in [1.29, 1.82) is 0 Å². The normalized spacial score (nSPS) is 11.2. The summed E-state index contributed by atoms with van der Waals surface area (Å²) >= 11 is 7.75. The first kappa shape index (κ1) is 22.6. The Morgan fingerprint density at radius 2 is 1.93 bits per heavy atom. The van der Waals surface area contributed by atoms with Crippen molar-refractivity contribution in [3.63, 3.8) is 0 Å². The molecule has 8 heteroatoms. The molecule has 0 aliphatic carbocycles. The predicted octanol–water partition coefficient (Wildman–Crippen LogP) is 3.85. The number of thioether (sulfide) groups is 1. The zero-order chi connectivity index (χ0) is 20.6. The third-order valence-electron chi connectivity index (χ3n) is 3.92. The molecule has 28 heavy (non-hydrogen) atoms. The lowest BCUT2D eigenvalue weighted by atomic mass is 10.2. The van der Waals surface area contributed by atoms with Gasteiger partial charge in [-0.15, -0.1) is 0 Å². The number of nitrogens with zero attached hydrogens (tertiary/aromatic N) is 1. The van der Waals surface area contributed by atoms with E-state index in [1.54, 1.807) is 18.2 Å². The maximum atomic E-state index is 12.2. The van der Waals surface area contributed by atoms with Gasteiger partial charge < -0.3 is 5.32 Å². The van der Waals surface area contributed by atoms with Crippen LogP contribution in [0.5, 0.6) is 0 Å². The Labute approximate surface area is 176 Å². The van der Waals surface area contributed by atoms with Gasteiger partial charge in [0.1, 0.15) is 6.54 Å². The molecule has 2 aromatic rings. The summed E-state index contributed by atoms with van der Waals surface area (Å²) in [5, 5.41) is 3.20. The lowest BCUT2D eigenvalue weighted by Crippen LogP contribution is -2.40. The van der Waals surface area contributed by atoms with Gasteiger partial charge in [0, 0.05) is 17.3 Å². The van der Waals surface area contributed by atoms with Crippen molar-refractivity contribution < 1.29 is 13.2 Å². The number of rotatable bonds is 10. The molecule has 2 rings (SSSR count). The van der Waals surface area contributed by atoms with Crippen molar-refractivity contribution in [2.24, 2.45) is 0 Å². The number of sulfonamides is 1. The average molecular weight is 441 g/mol. The smallest absolute Gasteiger partial charge is 0.240 e. The molecule has 0 radical (unpaired) electrons. The van der Waals surface area contributed by atoms with Crippen molar-refractivity contribution in [3.05, 3.63) is 64.7 Å². The molecule has 0 aliphatic heterocycles. The van der Waals surface area contributed by atoms with Crippen LogP contribution in [-0.2, 0) is 20.6 Å². The fraction of sp³-hybridized carbons (Fsp3) is 0.350. The Hall–Kier alpha value is -1.70. The fourth-order valence-electron chi connectivity index (χ4n) is 2.61. The van der Waals surface area contributed by atoms with E-state index < -0.39 is 10.0 Å². The van der Waals surface area contributed by atoms with Crippen LogP contribution in [0.1, 0.15) is 17.5 Å². The second-order valence-corrected chi connectivity index (χ2v) is 9.94. The van der Waals surface area contributed by atoms with E-state index in [1.807, 2.05) is 11.8 Å². The summed E-state index contributed by atoms with van der Waals surface area (Å²) in [6.07, 6.45) is 1.89. The number of anilines is 1. The molecule has 0 saturated carbocycles. The predicted molar refractivity (Wildman–Crippen MR) is 119 cm³/mol. The molecule has 2 aromatic carbocycles. The highest BCUT2D eigenvalue weighted by Gasteiger charge is 2.20. The minimum atomic E-state index is -3.59. The molecule has 1 N–H and O–H groups in total. The van der Waals surface area contributed by atoms with Gasteiger partial charge in [-0.2, -0.15) is 11.8 Å². The Balaban J connectivity index is 1.75. The number of carbonyl (C=O) groups is 1. The van der Waals surface area contributed by atoms with Gasteiger partial charge in [-0.05, 0) is 42.9 Å². The standard InChI is InChI=1S/C20H25ClN2O3S2/c1-16-6-3-7-17(12-16)15-27-11-5-10-22-20(24)14-23(28(2,25)26)19-9-4-8-18(21)13-19/h3-4,6-9,12-13H,5,10-11,14-15H2,1-2H3,(H,22,24). The first-order chi connectivity index (χ1) is 13.3. The molecule has 152 valence electrons. The number of benzene rings is 2. The van der Waals surface area contributed by atoms with Crippen LogP contribution in [0.4, 0.5) is 5.69 Å². The average Bonchev–Trinajstić information content (AvgIpc) is 2.61. The van der Waals surface area contributed by atoms with E-state index in [2.05, 4.69) is 36.5 Å². The van der Waals surface area contributed by atoms with E-state index >= 15 is 0 Å². The monoisotopic (exact) mass is 440 g/mol. The number of hydrogen-bond donors (Lipinski definition) is 1. The lowest BCUT2D eigenvalue weighted by Gasteiger charge is -2.22. The van der Waals surface area contributed by atoms with Gasteiger partial charge in [0.25, 0.3) is 0 Å². The van der Waals surface area contributed by atoms with Gasteiger partial charge in [0.05, 0.1) is 11.9 Å². The molecule has 0 unspecified atom stereocenters. The number of nitrogens with one attached hydrogen (secondary N) is 1. The Bertz CT molecular complexity index is 904. The summed E-state index contributed by atoms with van der Waals surface area (Å²) in [5.74, 6) is 1.51. The number of aryl methyl sites for hydroxylation is 1. The molecule has 0 fully saturated rings. The molecule has 0 aromatic heterocycles. The van der Waals surface area contributed by atoms with Crippen molar-refractivity contribution in [2.75, 3.05) is 29.4 Å². The van der Waals surface area contributed by atoms with E-state index in [9.17, 15) is 13.2 Å². The van der Waals surface area contributed by atoms with Crippen LogP contribution >= 0.6 is 23.4 Å². The molecule has 0 aliphatic rings. The summed E-state index contributed by atoms with van der Waals surface area (Å²) in [5.41, 5.74) is 2.92. The number of halogens is 1. The van der Waals surface area contributed by atoms with Crippen molar-refractivity contribution in [3.8, 4) is 0 Å². The zero-order valence-corrected chi connectivity index (χ0v) is 18.4. The van der Waals surface area contributed by atoms with Crippen LogP contribution < -0.4 is 9.62 Å². The Kier molecular flexibility index (Phi) is 8.66. The second kappa shape index (κ2) is 10.7. The van der Waals surface area contributed by atoms with E-state index in [1.165, 1.54) is 17.2 Å². The molecule has 0 atom stereocenters. The third-order valence-corrected chi connectivity index (χ3v) is 6.41. The van der Waals surface area contributed by atoms with Gasteiger partial charge in [-0.3, -0.25) is 9.10 Å². The SMILES string of the molecule is Cc1cccc(CSCCCNC(=O)CN(c2cccc(Cl)c2)S(C)(=O)=O)c1. The summed E-state index contributed by atoms with van der Waals surface area (Å²) < 4.78 is 25.2. The molecule has 0 heterocycles. The topological polar surface area (TPSA) is 66.5 Å². The van der Waals surface area contributed by atoms with Crippen molar-refractivity contribution in [1.82, 2.24) is 5.32 Å². The number of hydrogen-bond acceptors (Lipinski definition) is 4. The van der Waals surface area contributed by atoms with Crippen molar-refractivity contribution >= 4 is 45.0 Å². The molecule has 0 bridgehead atoms. The summed E-state index contributed by atoms with van der Waals surface area (Å²) in [6.45, 7) is 2.31. The third kappa shape index (κ3) is 7.73. The highest BCUT2D eigenvalue weighted by atomic mass is 35.5. The first-order valence-electron chi connectivity index (χ1n) is 8.89. The van der Waals surface area contributed by atoms with Crippen LogP contribution in [0.3, 0.4) is 0 Å². The maximum Gasteiger partial charge on any atom is 0.240 e. The van der Waals surface area contributed by atoms with Gasteiger partial charge in [-0.1, -0.05) is 47.5 Å². The van der Waals surface area contributed by atoms with Crippen LogP contribution in [0.15, 0.2) is 48.5 Å². The van der Waals surface area contributed by atoms with E-state index in [-0.39, 0.29) is 12.5 Å². The van der Waals surface area contributed by atoms with Gasteiger partial charge in [0.2, 0.25) is 15.9 Å². The highest BCUT2D eigenvalue weighted by Crippen LogP contribution is 2.21. The molecule has 1 amide bonds.